The summed E-state index contributed by atoms with van der Waals surface area (Å²) in [6, 6.07) is 10.6. The number of hydrogen-bond acceptors (Lipinski definition) is 1. The maximum absolute atomic E-state index is 5.20. The molecule has 1 rings (SSSR count). The van der Waals surface area contributed by atoms with E-state index in [-0.39, 0.29) is 0 Å². The van der Waals surface area contributed by atoms with Gasteiger partial charge in [0.1, 0.15) is 0 Å². The van der Waals surface area contributed by atoms with Crippen molar-refractivity contribution in [3.8, 4) is 0 Å². The van der Waals surface area contributed by atoms with Crippen molar-refractivity contribution in [1.29, 1.82) is 0 Å². The predicted molar refractivity (Wildman–Crippen MR) is 88.8 cm³/mol. The first-order chi connectivity index (χ1) is 9.76. The Morgan fingerprint density at radius 1 is 1.10 bits per heavy atom. The van der Waals surface area contributed by atoms with Gasteiger partial charge in [-0.25, -0.2) is 0 Å². The van der Waals surface area contributed by atoms with Crippen LogP contribution in [0, 0.1) is 0 Å². The molecule has 20 heavy (non-hydrogen) atoms. The second-order valence-corrected chi connectivity index (χ2v) is 5.36. The Bertz CT molecular complexity index is 415. The van der Waals surface area contributed by atoms with Crippen LogP contribution in [0.2, 0.25) is 0 Å². The Balaban J connectivity index is 2.73. The van der Waals surface area contributed by atoms with E-state index in [1.54, 1.807) is 7.11 Å². The minimum Gasteiger partial charge on any atom is -0.380 e. The van der Waals surface area contributed by atoms with Crippen LogP contribution in [0.3, 0.4) is 0 Å². The van der Waals surface area contributed by atoms with Crippen molar-refractivity contribution in [3.63, 3.8) is 0 Å². The van der Waals surface area contributed by atoms with Crippen molar-refractivity contribution in [1.82, 2.24) is 0 Å². The first-order valence-corrected chi connectivity index (χ1v) is 7.68. The molecule has 1 aromatic rings. The summed E-state index contributed by atoms with van der Waals surface area (Å²) in [5.41, 5.74) is 3.96. The number of unbranched alkanes of at least 4 members (excludes halogenated alkanes) is 3. The highest BCUT2D eigenvalue weighted by atomic mass is 16.5. The van der Waals surface area contributed by atoms with Gasteiger partial charge in [0, 0.05) is 7.11 Å². The van der Waals surface area contributed by atoms with Gasteiger partial charge in [0.15, 0.2) is 0 Å². The summed E-state index contributed by atoms with van der Waals surface area (Å²) in [5, 5.41) is 0. The van der Waals surface area contributed by atoms with Gasteiger partial charge in [0.25, 0.3) is 0 Å². The van der Waals surface area contributed by atoms with Crippen LogP contribution in [0.4, 0.5) is 0 Å². The van der Waals surface area contributed by atoms with Crippen molar-refractivity contribution < 1.29 is 4.74 Å². The summed E-state index contributed by atoms with van der Waals surface area (Å²) in [4.78, 5) is 0. The Morgan fingerprint density at radius 2 is 1.85 bits per heavy atom. The van der Waals surface area contributed by atoms with E-state index in [4.69, 9.17) is 4.74 Å². The van der Waals surface area contributed by atoms with Crippen LogP contribution in [-0.2, 0) is 4.74 Å². The fourth-order valence-corrected chi connectivity index (χ4v) is 2.29. The standard InChI is InChI=1S/C19H28O/c1-4-5-6-8-13-19(14-17(2)16-20-3)15-18-11-9-7-10-12-18/h7,9-12,14-15H,4-6,8,13,16H2,1-3H3/b17-14+,19-15+. The predicted octanol–water partition coefficient (Wildman–Crippen LogP) is 5.63. The normalized spacial score (nSPS) is 12.8. The molecule has 0 unspecified atom stereocenters. The first-order valence-electron chi connectivity index (χ1n) is 7.68. The Morgan fingerprint density at radius 3 is 2.50 bits per heavy atom. The van der Waals surface area contributed by atoms with Crippen LogP contribution < -0.4 is 0 Å². The number of ether oxygens (including phenoxy) is 1. The molecule has 0 bridgehead atoms. The quantitative estimate of drug-likeness (QED) is 0.418. The van der Waals surface area contributed by atoms with Gasteiger partial charge in [-0.05, 0) is 36.5 Å². The van der Waals surface area contributed by atoms with E-state index in [1.165, 1.54) is 42.4 Å². The molecule has 0 saturated carbocycles. The minimum atomic E-state index is 0.709. The second kappa shape index (κ2) is 10.4. The number of hydrogen-bond donors (Lipinski definition) is 0. The lowest BCUT2D eigenvalue weighted by Gasteiger charge is -2.06. The van der Waals surface area contributed by atoms with Gasteiger partial charge >= 0.3 is 0 Å². The third-order valence-electron chi connectivity index (χ3n) is 3.27. The first kappa shape index (κ1) is 16.7. The average Bonchev–Trinajstić information content (AvgIpc) is 2.45. The fourth-order valence-electron chi connectivity index (χ4n) is 2.29. The third kappa shape index (κ3) is 7.30. The summed E-state index contributed by atoms with van der Waals surface area (Å²) >= 11 is 0. The lowest BCUT2D eigenvalue weighted by atomic mass is 10.0. The van der Waals surface area contributed by atoms with Crippen LogP contribution in [0.15, 0.2) is 47.6 Å². The summed E-state index contributed by atoms with van der Waals surface area (Å²) in [6.45, 7) is 5.10. The molecule has 0 N–H and O–H groups in total. The lowest BCUT2D eigenvalue weighted by Crippen LogP contribution is -1.91. The van der Waals surface area contributed by atoms with Crippen molar-refractivity contribution >= 4 is 6.08 Å². The fraction of sp³-hybridized carbons (Fsp3) is 0.474. The zero-order chi connectivity index (χ0) is 14.6. The van der Waals surface area contributed by atoms with Gasteiger partial charge in [-0.1, -0.05) is 68.7 Å². The average molecular weight is 272 g/mol. The highest BCUT2D eigenvalue weighted by Crippen LogP contribution is 2.17. The largest absolute Gasteiger partial charge is 0.380 e. The van der Waals surface area contributed by atoms with Gasteiger partial charge in [-0.2, -0.15) is 0 Å². The Kier molecular flexibility index (Phi) is 8.73. The number of rotatable bonds is 9. The highest BCUT2D eigenvalue weighted by molar-refractivity contribution is 5.56. The summed E-state index contributed by atoms with van der Waals surface area (Å²) < 4.78 is 5.20. The molecule has 0 fully saturated rings. The number of methoxy groups -OCH3 is 1. The molecule has 0 aromatic heterocycles. The van der Waals surface area contributed by atoms with E-state index >= 15 is 0 Å². The van der Waals surface area contributed by atoms with Crippen LogP contribution in [0.5, 0.6) is 0 Å². The van der Waals surface area contributed by atoms with Gasteiger partial charge < -0.3 is 4.74 Å². The molecule has 110 valence electrons. The maximum atomic E-state index is 5.20. The molecule has 1 aromatic carbocycles. The van der Waals surface area contributed by atoms with Crippen LogP contribution in [0.1, 0.15) is 51.5 Å². The molecule has 0 atom stereocenters. The molecule has 0 aliphatic carbocycles. The monoisotopic (exact) mass is 272 g/mol. The van der Waals surface area contributed by atoms with Crippen LogP contribution in [0.25, 0.3) is 6.08 Å². The molecular weight excluding hydrogens is 244 g/mol. The van der Waals surface area contributed by atoms with Gasteiger partial charge in [0.2, 0.25) is 0 Å². The molecule has 0 aliphatic heterocycles. The van der Waals surface area contributed by atoms with Crippen LogP contribution >= 0.6 is 0 Å². The molecule has 0 amide bonds. The zero-order valence-electron chi connectivity index (χ0n) is 13.2. The third-order valence-corrected chi connectivity index (χ3v) is 3.27. The Labute approximate surface area is 124 Å². The van der Waals surface area contributed by atoms with Crippen molar-refractivity contribution in [2.75, 3.05) is 13.7 Å². The summed E-state index contributed by atoms with van der Waals surface area (Å²) in [7, 11) is 1.75. The zero-order valence-corrected chi connectivity index (χ0v) is 13.2. The van der Waals surface area contributed by atoms with E-state index in [1.807, 2.05) is 0 Å². The Hall–Kier alpha value is -1.34. The molecule has 0 heterocycles. The number of allylic oxidation sites excluding steroid dienone is 2. The smallest absolute Gasteiger partial charge is 0.0673 e. The SMILES string of the molecule is CCCCCCC(/C=C(\C)COC)=C\c1ccccc1. The van der Waals surface area contributed by atoms with E-state index in [0.717, 1.165) is 6.42 Å². The molecule has 0 spiro atoms. The van der Waals surface area contributed by atoms with E-state index in [9.17, 15) is 0 Å². The molecule has 1 heteroatoms. The van der Waals surface area contributed by atoms with Crippen LogP contribution in [-0.4, -0.2) is 13.7 Å². The topological polar surface area (TPSA) is 9.23 Å². The van der Waals surface area contributed by atoms with Crippen molar-refractivity contribution in [2.24, 2.45) is 0 Å². The number of benzene rings is 1. The molecule has 0 saturated heterocycles. The lowest BCUT2D eigenvalue weighted by molar-refractivity contribution is 0.226. The highest BCUT2D eigenvalue weighted by Gasteiger charge is 1.98. The van der Waals surface area contributed by atoms with E-state index in [0.29, 0.717) is 6.61 Å². The molecule has 0 aliphatic rings. The molecule has 0 radical (unpaired) electrons. The van der Waals surface area contributed by atoms with Crippen molar-refractivity contribution in [2.45, 2.75) is 46.0 Å². The van der Waals surface area contributed by atoms with E-state index < -0.39 is 0 Å². The summed E-state index contributed by atoms with van der Waals surface area (Å²) in [6.07, 6.45) is 10.9. The second-order valence-electron chi connectivity index (χ2n) is 5.36. The molecular formula is C19H28O. The summed E-state index contributed by atoms with van der Waals surface area (Å²) in [5.74, 6) is 0. The van der Waals surface area contributed by atoms with Gasteiger partial charge in [-0.15, -0.1) is 0 Å². The van der Waals surface area contributed by atoms with E-state index in [2.05, 4.69) is 56.3 Å². The van der Waals surface area contributed by atoms with Gasteiger partial charge in [0.05, 0.1) is 6.61 Å². The molecule has 1 nitrogen and oxygen atoms in total. The minimum absolute atomic E-state index is 0.709. The van der Waals surface area contributed by atoms with Crippen molar-refractivity contribution in [3.05, 3.63) is 53.1 Å². The maximum Gasteiger partial charge on any atom is 0.0673 e. The van der Waals surface area contributed by atoms with Gasteiger partial charge in [-0.3, -0.25) is 0 Å².